The lowest BCUT2D eigenvalue weighted by Gasteiger charge is -2.06. The van der Waals surface area contributed by atoms with Crippen LogP contribution in [0.4, 0.5) is 0 Å². The van der Waals surface area contributed by atoms with E-state index in [2.05, 4.69) is 14.9 Å². The molecular weight excluding hydrogens is 276 g/mol. The number of thiophene rings is 1. The fourth-order valence-electron chi connectivity index (χ4n) is 1.39. The molecule has 9 heteroatoms. The summed E-state index contributed by atoms with van der Waals surface area (Å²) >= 11 is 1.20. The van der Waals surface area contributed by atoms with Crippen molar-refractivity contribution < 1.29 is 13.5 Å². The van der Waals surface area contributed by atoms with Gasteiger partial charge in [0.1, 0.15) is 12.2 Å². The fraction of sp³-hybridized carbons (Fsp3) is 0.333. The van der Waals surface area contributed by atoms with Crippen molar-refractivity contribution in [1.82, 2.24) is 19.5 Å². The maximum atomic E-state index is 12.0. The van der Waals surface area contributed by atoms with E-state index in [-0.39, 0.29) is 18.0 Å². The van der Waals surface area contributed by atoms with Gasteiger partial charge in [-0.05, 0) is 11.4 Å². The zero-order valence-corrected chi connectivity index (χ0v) is 11.2. The highest BCUT2D eigenvalue weighted by molar-refractivity contribution is 7.89. The molecule has 0 bridgehead atoms. The highest BCUT2D eigenvalue weighted by atomic mass is 32.2. The lowest BCUT2D eigenvalue weighted by atomic mass is 10.5. The Labute approximate surface area is 108 Å². The van der Waals surface area contributed by atoms with Crippen LogP contribution in [0.1, 0.15) is 10.7 Å². The van der Waals surface area contributed by atoms with Gasteiger partial charge in [-0.25, -0.2) is 13.1 Å². The highest BCUT2D eigenvalue weighted by Gasteiger charge is 2.19. The molecule has 0 saturated carbocycles. The first-order chi connectivity index (χ1) is 8.54. The molecule has 2 aromatic heterocycles. The third kappa shape index (κ3) is 2.58. The number of rotatable bonds is 5. The van der Waals surface area contributed by atoms with Crippen molar-refractivity contribution in [2.24, 2.45) is 7.05 Å². The Kier molecular flexibility index (Phi) is 3.76. The second-order valence-electron chi connectivity index (χ2n) is 3.55. The molecule has 2 N–H and O–H groups in total. The minimum atomic E-state index is -3.63. The average molecular weight is 288 g/mol. The van der Waals surface area contributed by atoms with E-state index >= 15 is 0 Å². The molecule has 0 saturated heterocycles. The highest BCUT2D eigenvalue weighted by Crippen LogP contribution is 2.21. The maximum absolute atomic E-state index is 12.0. The molecule has 0 radical (unpaired) electrons. The Hall–Kier alpha value is -1.29. The smallest absolute Gasteiger partial charge is 0.242 e. The summed E-state index contributed by atoms with van der Waals surface area (Å²) in [5.74, 6) is 0.513. The van der Waals surface area contributed by atoms with Gasteiger partial charge in [0, 0.05) is 11.9 Å². The summed E-state index contributed by atoms with van der Waals surface area (Å²) < 4.78 is 28.1. The second kappa shape index (κ2) is 5.14. The van der Waals surface area contributed by atoms with Gasteiger partial charge in [0.15, 0.2) is 0 Å². The number of nitrogens with zero attached hydrogens (tertiary/aromatic N) is 3. The average Bonchev–Trinajstić information content (AvgIpc) is 2.95. The molecule has 18 heavy (non-hydrogen) atoms. The van der Waals surface area contributed by atoms with E-state index in [1.165, 1.54) is 23.7 Å². The summed E-state index contributed by atoms with van der Waals surface area (Å²) in [6, 6.07) is 1.47. The third-order valence-electron chi connectivity index (χ3n) is 2.36. The maximum Gasteiger partial charge on any atom is 0.242 e. The Morgan fingerprint density at radius 2 is 2.33 bits per heavy atom. The van der Waals surface area contributed by atoms with Crippen molar-refractivity contribution in [2.75, 3.05) is 0 Å². The molecule has 2 aromatic rings. The predicted octanol–water partition coefficient (Wildman–Crippen LogP) is -0.153. The number of aryl methyl sites for hydroxylation is 1. The first kappa shape index (κ1) is 13.1. The lowest BCUT2D eigenvalue weighted by Crippen LogP contribution is -2.25. The van der Waals surface area contributed by atoms with Crippen LogP contribution in [0.5, 0.6) is 0 Å². The lowest BCUT2D eigenvalue weighted by molar-refractivity contribution is 0.282. The summed E-state index contributed by atoms with van der Waals surface area (Å²) in [5.41, 5.74) is 0. The van der Waals surface area contributed by atoms with E-state index in [1.807, 2.05) is 0 Å². The zero-order valence-electron chi connectivity index (χ0n) is 9.57. The summed E-state index contributed by atoms with van der Waals surface area (Å²) in [6.45, 7) is -0.239. The molecule has 2 rings (SSSR count). The van der Waals surface area contributed by atoms with E-state index in [4.69, 9.17) is 5.11 Å². The van der Waals surface area contributed by atoms with Gasteiger partial charge in [-0.3, -0.25) is 0 Å². The van der Waals surface area contributed by atoms with Gasteiger partial charge in [-0.2, -0.15) is 0 Å². The van der Waals surface area contributed by atoms with Crippen molar-refractivity contribution in [3.8, 4) is 0 Å². The van der Waals surface area contributed by atoms with Crippen LogP contribution in [-0.4, -0.2) is 28.3 Å². The number of hydrogen-bond acceptors (Lipinski definition) is 6. The topological polar surface area (TPSA) is 97.1 Å². The molecule has 0 spiro atoms. The van der Waals surface area contributed by atoms with Gasteiger partial charge in [0.25, 0.3) is 0 Å². The molecule has 0 aliphatic carbocycles. The normalized spacial score (nSPS) is 11.9. The molecular formula is C9H12N4O3S2. The number of nitrogens with one attached hydrogen (secondary N) is 1. The van der Waals surface area contributed by atoms with E-state index in [1.54, 1.807) is 17.0 Å². The van der Waals surface area contributed by atoms with Gasteiger partial charge in [-0.15, -0.1) is 21.5 Å². The van der Waals surface area contributed by atoms with E-state index < -0.39 is 10.0 Å². The van der Waals surface area contributed by atoms with Crippen LogP contribution in [0.3, 0.4) is 0 Å². The van der Waals surface area contributed by atoms with Gasteiger partial charge in [0.05, 0.1) is 18.0 Å². The van der Waals surface area contributed by atoms with Crippen LogP contribution >= 0.6 is 11.3 Å². The summed E-state index contributed by atoms with van der Waals surface area (Å²) in [5, 5.41) is 18.1. The molecule has 0 atom stereocenters. The van der Waals surface area contributed by atoms with Crippen LogP contribution in [0.25, 0.3) is 0 Å². The van der Waals surface area contributed by atoms with Gasteiger partial charge in [0.2, 0.25) is 10.0 Å². The number of aromatic nitrogens is 3. The predicted molar refractivity (Wildman–Crippen MR) is 65.3 cm³/mol. The van der Waals surface area contributed by atoms with Gasteiger partial charge < -0.3 is 9.67 Å². The van der Waals surface area contributed by atoms with E-state index in [0.29, 0.717) is 10.7 Å². The number of sulfonamides is 1. The first-order valence-corrected chi connectivity index (χ1v) is 7.40. The minimum absolute atomic E-state index is 0.0551. The molecule has 0 unspecified atom stereocenters. The van der Waals surface area contributed by atoms with Crippen molar-refractivity contribution in [1.29, 1.82) is 0 Å². The van der Waals surface area contributed by atoms with Crippen LogP contribution < -0.4 is 4.72 Å². The monoisotopic (exact) mass is 288 g/mol. The van der Waals surface area contributed by atoms with Gasteiger partial charge >= 0.3 is 0 Å². The molecule has 98 valence electrons. The second-order valence-corrected chi connectivity index (χ2v) is 6.28. The van der Waals surface area contributed by atoms with E-state index in [9.17, 15) is 8.42 Å². The molecule has 0 aromatic carbocycles. The molecule has 2 heterocycles. The number of aliphatic hydroxyl groups excluding tert-OH is 1. The minimum Gasteiger partial charge on any atom is -0.391 e. The van der Waals surface area contributed by atoms with Crippen LogP contribution in [0.15, 0.2) is 22.7 Å². The van der Waals surface area contributed by atoms with Gasteiger partial charge in [-0.1, -0.05) is 0 Å². The molecule has 0 amide bonds. The summed E-state index contributed by atoms with van der Waals surface area (Å²) in [6.07, 6.45) is 1.49. The Balaban J connectivity index is 2.16. The zero-order chi connectivity index (χ0) is 13.2. The van der Waals surface area contributed by atoms with Crippen LogP contribution in [-0.2, 0) is 30.2 Å². The van der Waals surface area contributed by atoms with Crippen LogP contribution in [0, 0.1) is 0 Å². The van der Waals surface area contributed by atoms with Crippen molar-refractivity contribution in [3.63, 3.8) is 0 Å². The number of aliphatic hydroxyl groups is 1. The molecule has 0 aliphatic heterocycles. The van der Waals surface area contributed by atoms with Crippen LogP contribution in [0.2, 0.25) is 0 Å². The largest absolute Gasteiger partial charge is 0.391 e. The Bertz CT molecular complexity index is 632. The van der Waals surface area contributed by atoms with Crippen molar-refractivity contribution >= 4 is 21.4 Å². The summed E-state index contributed by atoms with van der Waals surface area (Å²) in [7, 11) is -1.90. The standard InChI is InChI=1S/C9H12N4O3S2/c1-13-6-10-12-9(13)4-11-18(15,16)8-2-3-17-7(8)5-14/h2-3,6,11,14H,4-5H2,1H3. The number of hydrogen-bond donors (Lipinski definition) is 2. The molecule has 7 nitrogen and oxygen atoms in total. The fourth-order valence-corrected chi connectivity index (χ4v) is 3.66. The first-order valence-electron chi connectivity index (χ1n) is 5.04. The summed E-state index contributed by atoms with van der Waals surface area (Å²) in [4.78, 5) is 0.526. The van der Waals surface area contributed by atoms with E-state index in [0.717, 1.165) is 0 Å². The van der Waals surface area contributed by atoms with Crippen molar-refractivity contribution in [3.05, 3.63) is 28.5 Å². The Morgan fingerprint density at radius 3 is 2.94 bits per heavy atom. The third-order valence-corrected chi connectivity index (χ3v) is 4.88. The quantitative estimate of drug-likeness (QED) is 0.797. The molecule has 0 aliphatic rings. The SMILES string of the molecule is Cn1cnnc1CNS(=O)(=O)c1ccsc1CO. The van der Waals surface area contributed by atoms with Crippen molar-refractivity contribution in [2.45, 2.75) is 18.0 Å². The molecule has 0 fully saturated rings. The Morgan fingerprint density at radius 1 is 1.56 bits per heavy atom.